The van der Waals surface area contributed by atoms with Crippen molar-refractivity contribution >= 4 is 0 Å². The zero-order valence-corrected chi connectivity index (χ0v) is 11.2. The fourth-order valence-electron chi connectivity index (χ4n) is 3.31. The van der Waals surface area contributed by atoms with Gasteiger partial charge in [-0.15, -0.1) is 0 Å². The maximum Gasteiger partial charge on any atom is 0.00967 e. The number of likely N-dealkylation sites (tertiary alicyclic amines) is 1. The molecular weight excluding hydrogens is 196 g/mol. The molecular formula is C14H28N2. The Kier molecular flexibility index (Phi) is 4.26. The normalized spacial score (nSPS) is 42.2. The van der Waals surface area contributed by atoms with Crippen LogP contribution in [-0.2, 0) is 0 Å². The number of hydrogen-bond acceptors (Lipinski definition) is 2. The lowest BCUT2D eigenvalue weighted by molar-refractivity contribution is 0.147. The second kappa shape index (κ2) is 5.50. The van der Waals surface area contributed by atoms with Gasteiger partial charge in [-0.25, -0.2) is 0 Å². The van der Waals surface area contributed by atoms with E-state index in [1.165, 1.54) is 45.1 Å². The van der Waals surface area contributed by atoms with Crippen LogP contribution in [0.1, 0.15) is 52.4 Å². The lowest BCUT2D eigenvalue weighted by atomic mass is 9.84. The molecule has 2 rings (SSSR count). The minimum absolute atomic E-state index is 0.755. The second-order valence-corrected chi connectivity index (χ2v) is 6.09. The lowest BCUT2D eigenvalue weighted by Crippen LogP contribution is -2.50. The molecule has 0 spiro atoms. The number of nitrogens with one attached hydrogen (secondary N) is 1. The molecule has 2 nitrogen and oxygen atoms in total. The van der Waals surface area contributed by atoms with Crippen LogP contribution in [0, 0.1) is 5.92 Å². The van der Waals surface area contributed by atoms with Crippen molar-refractivity contribution in [3.05, 3.63) is 0 Å². The van der Waals surface area contributed by atoms with E-state index >= 15 is 0 Å². The van der Waals surface area contributed by atoms with Crippen LogP contribution in [0.4, 0.5) is 0 Å². The van der Waals surface area contributed by atoms with Crippen molar-refractivity contribution in [1.82, 2.24) is 10.2 Å². The molecule has 0 amide bonds. The Morgan fingerprint density at radius 3 is 2.50 bits per heavy atom. The summed E-state index contributed by atoms with van der Waals surface area (Å²) in [5.74, 6) is 0.892. The second-order valence-electron chi connectivity index (χ2n) is 6.09. The smallest absolute Gasteiger partial charge is 0.00967 e. The SMILES string of the molecule is CC1CCCCC1NC1CCN(C)C(C)C1. The first-order chi connectivity index (χ1) is 7.66. The van der Waals surface area contributed by atoms with Gasteiger partial charge in [-0.2, -0.15) is 0 Å². The predicted octanol–water partition coefficient (Wildman–Crippen LogP) is 2.64. The summed E-state index contributed by atoms with van der Waals surface area (Å²) < 4.78 is 0. The van der Waals surface area contributed by atoms with Crippen molar-refractivity contribution in [3.8, 4) is 0 Å². The van der Waals surface area contributed by atoms with E-state index < -0.39 is 0 Å². The van der Waals surface area contributed by atoms with E-state index in [2.05, 4.69) is 31.1 Å². The lowest BCUT2D eigenvalue weighted by Gasteiger charge is -2.39. The van der Waals surface area contributed by atoms with Crippen molar-refractivity contribution in [2.24, 2.45) is 5.92 Å². The van der Waals surface area contributed by atoms with E-state index in [1.807, 2.05) is 0 Å². The Balaban J connectivity index is 1.80. The van der Waals surface area contributed by atoms with Crippen molar-refractivity contribution in [1.29, 1.82) is 0 Å². The zero-order valence-electron chi connectivity index (χ0n) is 11.2. The van der Waals surface area contributed by atoms with Crippen molar-refractivity contribution in [2.45, 2.75) is 70.5 Å². The highest BCUT2D eigenvalue weighted by Crippen LogP contribution is 2.26. The Morgan fingerprint density at radius 2 is 1.81 bits per heavy atom. The van der Waals surface area contributed by atoms with Gasteiger partial charge in [0.1, 0.15) is 0 Å². The summed E-state index contributed by atoms with van der Waals surface area (Å²) in [5, 5.41) is 3.93. The fraction of sp³-hybridized carbons (Fsp3) is 1.00. The molecule has 94 valence electrons. The molecule has 2 aliphatic rings. The van der Waals surface area contributed by atoms with Crippen LogP contribution in [0.15, 0.2) is 0 Å². The largest absolute Gasteiger partial charge is 0.311 e. The average Bonchev–Trinajstić information content (AvgIpc) is 2.27. The Labute approximate surface area is 101 Å². The topological polar surface area (TPSA) is 15.3 Å². The van der Waals surface area contributed by atoms with Gasteiger partial charge in [-0.05, 0) is 52.1 Å². The molecule has 1 saturated heterocycles. The summed E-state index contributed by atoms with van der Waals surface area (Å²) in [6.07, 6.45) is 8.39. The molecule has 1 aliphatic carbocycles. The van der Waals surface area contributed by atoms with Crippen LogP contribution in [0.3, 0.4) is 0 Å². The highest BCUT2D eigenvalue weighted by molar-refractivity contribution is 4.86. The molecule has 0 aromatic carbocycles. The zero-order chi connectivity index (χ0) is 11.5. The molecule has 1 aliphatic heterocycles. The highest BCUT2D eigenvalue weighted by atomic mass is 15.1. The summed E-state index contributed by atoms with van der Waals surface area (Å²) in [7, 11) is 2.25. The fourth-order valence-corrected chi connectivity index (χ4v) is 3.31. The predicted molar refractivity (Wildman–Crippen MR) is 69.7 cm³/mol. The van der Waals surface area contributed by atoms with Gasteiger partial charge < -0.3 is 10.2 Å². The quantitative estimate of drug-likeness (QED) is 0.776. The molecule has 0 radical (unpaired) electrons. The van der Waals surface area contributed by atoms with E-state index in [0.717, 1.165) is 24.0 Å². The summed E-state index contributed by atoms with van der Waals surface area (Å²) in [6.45, 7) is 6.05. The molecule has 2 heteroatoms. The van der Waals surface area contributed by atoms with Crippen LogP contribution < -0.4 is 5.32 Å². The molecule has 0 aromatic heterocycles. The molecule has 0 bridgehead atoms. The molecule has 4 unspecified atom stereocenters. The van der Waals surface area contributed by atoms with Gasteiger partial charge >= 0.3 is 0 Å². The van der Waals surface area contributed by atoms with Crippen LogP contribution in [0.2, 0.25) is 0 Å². The monoisotopic (exact) mass is 224 g/mol. The minimum Gasteiger partial charge on any atom is -0.311 e. The van der Waals surface area contributed by atoms with Crippen molar-refractivity contribution in [3.63, 3.8) is 0 Å². The minimum atomic E-state index is 0.755. The third-order valence-electron chi connectivity index (χ3n) is 4.77. The summed E-state index contributed by atoms with van der Waals surface area (Å²) in [6, 6.07) is 2.33. The number of hydrogen-bond donors (Lipinski definition) is 1. The first-order valence-corrected chi connectivity index (χ1v) is 7.13. The number of rotatable bonds is 2. The van der Waals surface area contributed by atoms with Crippen LogP contribution in [-0.4, -0.2) is 36.6 Å². The Bertz CT molecular complexity index is 217. The number of piperidine rings is 1. The maximum atomic E-state index is 3.93. The van der Waals surface area contributed by atoms with E-state index in [1.54, 1.807) is 0 Å². The summed E-state index contributed by atoms with van der Waals surface area (Å²) in [4.78, 5) is 2.49. The highest BCUT2D eigenvalue weighted by Gasteiger charge is 2.27. The molecule has 0 aromatic rings. The molecule has 16 heavy (non-hydrogen) atoms. The van der Waals surface area contributed by atoms with Crippen molar-refractivity contribution in [2.75, 3.05) is 13.6 Å². The summed E-state index contributed by atoms with van der Waals surface area (Å²) in [5.41, 5.74) is 0. The Morgan fingerprint density at radius 1 is 1.06 bits per heavy atom. The number of nitrogens with zero attached hydrogens (tertiary/aromatic N) is 1. The van der Waals surface area contributed by atoms with Crippen LogP contribution in [0.5, 0.6) is 0 Å². The van der Waals surface area contributed by atoms with E-state index in [4.69, 9.17) is 0 Å². The third kappa shape index (κ3) is 2.98. The first kappa shape index (κ1) is 12.4. The van der Waals surface area contributed by atoms with Gasteiger partial charge in [0, 0.05) is 18.1 Å². The average molecular weight is 224 g/mol. The van der Waals surface area contributed by atoms with Crippen molar-refractivity contribution < 1.29 is 0 Å². The van der Waals surface area contributed by atoms with E-state index in [9.17, 15) is 0 Å². The third-order valence-corrected chi connectivity index (χ3v) is 4.77. The molecule has 2 fully saturated rings. The molecule has 1 N–H and O–H groups in total. The molecule has 1 heterocycles. The Hall–Kier alpha value is -0.0800. The van der Waals surface area contributed by atoms with E-state index in [0.29, 0.717) is 0 Å². The van der Waals surface area contributed by atoms with Gasteiger partial charge in [0.25, 0.3) is 0 Å². The molecule has 4 atom stereocenters. The van der Waals surface area contributed by atoms with Gasteiger partial charge in [-0.3, -0.25) is 0 Å². The maximum absolute atomic E-state index is 3.93. The molecule has 1 saturated carbocycles. The van der Waals surface area contributed by atoms with Gasteiger partial charge in [0.2, 0.25) is 0 Å². The summed E-state index contributed by atoms with van der Waals surface area (Å²) >= 11 is 0. The van der Waals surface area contributed by atoms with Gasteiger partial charge in [0.15, 0.2) is 0 Å². The van der Waals surface area contributed by atoms with Crippen LogP contribution >= 0.6 is 0 Å². The van der Waals surface area contributed by atoms with Gasteiger partial charge in [-0.1, -0.05) is 19.8 Å². The first-order valence-electron chi connectivity index (χ1n) is 7.13. The van der Waals surface area contributed by atoms with Crippen LogP contribution in [0.25, 0.3) is 0 Å². The standard InChI is InChI=1S/C14H28N2/c1-11-6-4-5-7-14(11)15-13-8-9-16(3)12(2)10-13/h11-15H,4-10H2,1-3H3. The van der Waals surface area contributed by atoms with E-state index in [-0.39, 0.29) is 0 Å². The van der Waals surface area contributed by atoms with Gasteiger partial charge in [0.05, 0.1) is 0 Å².